The lowest BCUT2D eigenvalue weighted by Gasteiger charge is -2.30. The molecule has 2 atom stereocenters. The number of hydrogen-bond acceptors (Lipinski definition) is 3. The molecule has 1 aromatic carbocycles. The predicted octanol–water partition coefficient (Wildman–Crippen LogP) is 3.02. The van der Waals surface area contributed by atoms with Gasteiger partial charge in [0.15, 0.2) is 0 Å². The van der Waals surface area contributed by atoms with Gasteiger partial charge >= 0.3 is 0 Å². The van der Waals surface area contributed by atoms with Gasteiger partial charge in [0.05, 0.1) is 6.26 Å². The van der Waals surface area contributed by atoms with Crippen molar-refractivity contribution in [3.63, 3.8) is 0 Å². The summed E-state index contributed by atoms with van der Waals surface area (Å²) in [5.41, 5.74) is 8.11. The molecule has 98 valence electrons. The first-order valence-electron chi connectivity index (χ1n) is 6.51. The second kappa shape index (κ2) is 5.55. The Morgan fingerprint density at radius 3 is 2.61 bits per heavy atom. The molecule has 0 saturated carbocycles. The van der Waals surface area contributed by atoms with Crippen LogP contribution in [0.5, 0.6) is 0 Å². The molecule has 0 fully saturated rings. The van der Waals surface area contributed by atoms with Crippen molar-refractivity contribution in [2.75, 3.05) is 20.6 Å². The molecular weight excluding hydrogens is 224 g/mol. The molecule has 0 amide bonds. The zero-order valence-corrected chi connectivity index (χ0v) is 11.4. The molecule has 1 aromatic heterocycles. The lowest BCUT2D eigenvalue weighted by Crippen LogP contribution is -2.31. The molecule has 0 spiro atoms. The third-order valence-electron chi connectivity index (χ3n) is 3.66. The van der Waals surface area contributed by atoms with E-state index in [1.807, 2.05) is 18.4 Å². The molecule has 3 heteroatoms. The molecule has 2 rings (SSSR count). The van der Waals surface area contributed by atoms with Gasteiger partial charge in [-0.05, 0) is 32.6 Å². The van der Waals surface area contributed by atoms with Crippen LogP contribution in [-0.4, -0.2) is 25.5 Å². The van der Waals surface area contributed by atoms with Gasteiger partial charge in [0.1, 0.15) is 5.58 Å². The molecule has 0 bridgehead atoms. The minimum atomic E-state index is 0.309. The van der Waals surface area contributed by atoms with E-state index in [-0.39, 0.29) is 0 Å². The minimum absolute atomic E-state index is 0.309. The Bertz CT molecular complexity index is 500. The molecule has 0 aliphatic rings. The Morgan fingerprint density at radius 1 is 1.28 bits per heavy atom. The molecule has 3 nitrogen and oxygen atoms in total. The molecule has 18 heavy (non-hydrogen) atoms. The van der Waals surface area contributed by atoms with Crippen molar-refractivity contribution >= 4 is 11.0 Å². The zero-order chi connectivity index (χ0) is 13.1. The Hall–Kier alpha value is -1.32. The van der Waals surface area contributed by atoms with E-state index in [2.05, 4.69) is 38.1 Å². The van der Waals surface area contributed by atoms with Crippen LogP contribution >= 0.6 is 0 Å². The summed E-state index contributed by atoms with van der Waals surface area (Å²) in [6.45, 7) is 2.88. The fraction of sp³-hybridized carbons (Fsp3) is 0.467. The summed E-state index contributed by atoms with van der Waals surface area (Å²) in [5, 5.41) is 1.20. The highest BCUT2D eigenvalue weighted by molar-refractivity contribution is 5.81. The van der Waals surface area contributed by atoms with E-state index < -0.39 is 0 Å². The van der Waals surface area contributed by atoms with Gasteiger partial charge in [-0.25, -0.2) is 0 Å². The second-order valence-corrected chi connectivity index (χ2v) is 5.00. The summed E-state index contributed by atoms with van der Waals surface area (Å²) in [6.07, 6.45) is 2.95. The van der Waals surface area contributed by atoms with E-state index in [9.17, 15) is 0 Å². The highest BCUT2D eigenvalue weighted by Gasteiger charge is 2.25. The van der Waals surface area contributed by atoms with Crippen molar-refractivity contribution in [2.45, 2.75) is 19.4 Å². The average molecular weight is 246 g/mol. The summed E-state index contributed by atoms with van der Waals surface area (Å²) < 4.78 is 5.65. The number of rotatable bonds is 5. The number of para-hydroxylation sites is 1. The van der Waals surface area contributed by atoms with Crippen LogP contribution in [0.15, 0.2) is 34.9 Å². The highest BCUT2D eigenvalue weighted by Crippen LogP contribution is 2.34. The SMILES string of the molecule is CCC(CN)C(c1coc2ccccc12)N(C)C. The van der Waals surface area contributed by atoms with Crippen LogP contribution in [0.4, 0.5) is 0 Å². The Kier molecular flexibility index (Phi) is 4.04. The van der Waals surface area contributed by atoms with E-state index in [1.54, 1.807) is 0 Å². The Labute approximate surface area is 109 Å². The van der Waals surface area contributed by atoms with Crippen molar-refractivity contribution in [1.82, 2.24) is 4.90 Å². The standard InChI is InChI=1S/C15H22N2O/c1-4-11(9-16)15(17(2)3)13-10-18-14-8-6-5-7-12(13)14/h5-8,10-11,15H,4,9,16H2,1-3H3. The summed E-state index contributed by atoms with van der Waals surface area (Å²) in [5.74, 6) is 0.445. The fourth-order valence-electron chi connectivity index (χ4n) is 2.70. The quantitative estimate of drug-likeness (QED) is 0.881. The zero-order valence-electron chi connectivity index (χ0n) is 11.4. The third-order valence-corrected chi connectivity index (χ3v) is 3.66. The van der Waals surface area contributed by atoms with E-state index in [4.69, 9.17) is 10.2 Å². The van der Waals surface area contributed by atoms with E-state index >= 15 is 0 Å². The highest BCUT2D eigenvalue weighted by atomic mass is 16.3. The summed E-state index contributed by atoms with van der Waals surface area (Å²) in [4.78, 5) is 2.23. The van der Waals surface area contributed by atoms with Gasteiger partial charge in [0.2, 0.25) is 0 Å². The van der Waals surface area contributed by atoms with E-state index in [1.165, 1.54) is 10.9 Å². The molecule has 2 unspecified atom stereocenters. The fourth-order valence-corrected chi connectivity index (χ4v) is 2.70. The van der Waals surface area contributed by atoms with Crippen molar-refractivity contribution in [3.05, 3.63) is 36.1 Å². The van der Waals surface area contributed by atoms with Crippen LogP contribution in [0, 0.1) is 5.92 Å². The summed E-state index contributed by atoms with van der Waals surface area (Å²) >= 11 is 0. The van der Waals surface area contributed by atoms with Gasteiger partial charge in [0.25, 0.3) is 0 Å². The average Bonchev–Trinajstić information content (AvgIpc) is 2.79. The van der Waals surface area contributed by atoms with Crippen LogP contribution in [0.2, 0.25) is 0 Å². The maximum atomic E-state index is 5.91. The summed E-state index contributed by atoms with van der Waals surface area (Å²) in [6, 6.07) is 8.49. The van der Waals surface area contributed by atoms with Crippen LogP contribution in [0.3, 0.4) is 0 Å². The van der Waals surface area contributed by atoms with Crippen LogP contribution in [-0.2, 0) is 0 Å². The molecule has 0 aliphatic carbocycles. The van der Waals surface area contributed by atoms with E-state index in [0.717, 1.165) is 12.0 Å². The maximum absolute atomic E-state index is 5.91. The van der Waals surface area contributed by atoms with Crippen LogP contribution < -0.4 is 5.73 Å². The van der Waals surface area contributed by atoms with Crippen LogP contribution in [0.25, 0.3) is 11.0 Å². The molecule has 2 N–H and O–H groups in total. The number of hydrogen-bond donors (Lipinski definition) is 1. The summed E-state index contributed by atoms with van der Waals surface area (Å²) in [7, 11) is 4.20. The van der Waals surface area contributed by atoms with Gasteiger partial charge < -0.3 is 15.1 Å². The second-order valence-electron chi connectivity index (χ2n) is 5.00. The maximum Gasteiger partial charge on any atom is 0.134 e. The molecule has 0 radical (unpaired) electrons. The number of furan rings is 1. The first-order valence-corrected chi connectivity index (χ1v) is 6.51. The lowest BCUT2D eigenvalue weighted by atomic mass is 9.90. The van der Waals surface area contributed by atoms with Crippen molar-refractivity contribution < 1.29 is 4.42 Å². The predicted molar refractivity (Wildman–Crippen MR) is 75.5 cm³/mol. The smallest absolute Gasteiger partial charge is 0.134 e. The molecular formula is C15H22N2O. The number of benzene rings is 1. The lowest BCUT2D eigenvalue weighted by molar-refractivity contribution is 0.211. The molecule has 0 aliphatic heterocycles. The first kappa shape index (κ1) is 13.1. The number of nitrogens with zero attached hydrogens (tertiary/aromatic N) is 1. The molecule has 1 heterocycles. The Balaban J connectivity index is 2.48. The van der Waals surface area contributed by atoms with Crippen LogP contribution in [0.1, 0.15) is 24.9 Å². The number of fused-ring (bicyclic) bond motifs is 1. The van der Waals surface area contributed by atoms with Gasteiger partial charge in [-0.3, -0.25) is 0 Å². The monoisotopic (exact) mass is 246 g/mol. The topological polar surface area (TPSA) is 42.4 Å². The number of nitrogens with two attached hydrogens (primary N) is 1. The molecule has 2 aromatic rings. The van der Waals surface area contributed by atoms with E-state index in [0.29, 0.717) is 18.5 Å². The van der Waals surface area contributed by atoms with Crippen molar-refractivity contribution in [3.8, 4) is 0 Å². The third kappa shape index (κ3) is 2.28. The van der Waals surface area contributed by atoms with Gasteiger partial charge in [-0.2, -0.15) is 0 Å². The van der Waals surface area contributed by atoms with Crippen molar-refractivity contribution in [2.24, 2.45) is 11.7 Å². The normalized spacial score (nSPS) is 15.2. The van der Waals surface area contributed by atoms with Gasteiger partial charge in [0, 0.05) is 17.0 Å². The van der Waals surface area contributed by atoms with Gasteiger partial charge in [-0.1, -0.05) is 31.5 Å². The van der Waals surface area contributed by atoms with Crippen molar-refractivity contribution in [1.29, 1.82) is 0 Å². The molecule has 0 saturated heterocycles. The minimum Gasteiger partial charge on any atom is -0.464 e. The van der Waals surface area contributed by atoms with Gasteiger partial charge in [-0.15, -0.1) is 0 Å². The Morgan fingerprint density at radius 2 is 2.00 bits per heavy atom. The first-order chi connectivity index (χ1) is 8.69. The largest absolute Gasteiger partial charge is 0.464 e.